The van der Waals surface area contributed by atoms with Crippen LogP contribution in [0, 0.1) is 0 Å². The van der Waals surface area contributed by atoms with E-state index in [1.807, 2.05) is 18.2 Å². The average Bonchev–Trinajstić information content (AvgIpc) is 3.02. The largest absolute Gasteiger partial charge is 0.429 e. The third-order valence-corrected chi connectivity index (χ3v) is 6.22. The lowest BCUT2D eigenvalue weighted by Crippen LogP contribution is -2.34. The highest BCUT2D eigenvalue weighted by molar-refractivity contribution is 5.99. The van der Waals surface area contributed by atoms with Crippen molar-refractivity contribution in [2.24, 2.45) is 0 Å². The second kappa shape index (κ2) is 6.93. The Morgan fingerprint density at radius 1 is 1.00 bits per heavy atom. The lowest BCUT2D eigenvalue weighted by molar-refractivity contribution is -0.400. The summed E-state index contributed by atoms with van der Waals surface area (Å²) in [6.07, 6.45) is 10.3. The van der Waals surface area contributed by atoms with Gasteiger partial charge in [0.2, 0.25) is 5.69 Å². The van der Waals surface area contributed by atoms with E-state index in [9.17, 15) is 4.79 Å². The van der Waals surface area contributed by atoms with Gasteiger partial charge in [-0.2, -0.15) is 4.58 Å². The van der Waals surface area contributed by atoms with Crippen LogP contribution in [-0.2, 0) is 24.1 Å². The van der Waals surface area contributed by atoms with Crippen molar-refractivity contribution >= 4 is 29.6 Å². The summed E-state index contributed by atoms with van der Waals surface area (Å²) in [6, 6.07) is 10.6. The van der Waals surface area contributed by atoms with E-state index in [4.69, 9.17) is 4.74 Å². The quantitative estimate of drug-likeness (QED) is 0.602. The molecule has 0 saturated heterocycles. The van der Waals surface area contributed by atoms with Gasteiger partial charge in [-0.1, -0.05) is 0 Å². The second-order valence-electron chi connectivity index (χ2n) is 7.95. The Bertz CT molecular complexity index is 988. The Labute approximate surface area is 165 Å². The minimum atomic E-state index is 0.481. The number of benzene rings is 2. The van der Waals surface area contributed by atoms with Gasteiger partial charge in [-0.05, 0) is 72.7 Å². The highest BCUT2D eigenvalue weighted by Gasteiger charge is 2.26. The fraction of sp³-hybridized carbons (Fsp3) is 0.333. The van der Waals surface area contributed by atoms with Gasteiger partial charge < -0.3 is 9.64 Å². The smallest absolute Gasteiger partial charge is 0.298 e. The molecule has 0 bridgehead atoms. The summed E-state index contributed by atoms with van der Waals surface area (Å²) in [7, 11) is 2.10. The van der Waals surface area contributed by atoms with Crippen LogP contribution in [0.4, 0.5) is 11.4 Å². The van der Waals surface area contributed by atoms with Gasteiger partial charge >= 0.3 is 0 Å². The molecule has 3 aliphatic heterocycles. The fourth-order valence-electron chi connectivity index (χ4n) is 4.92. The van der Waals surface area contributed by atoms with Crippen LogP contribution in [0.25, 0.3) is 6.08 Å². The third-order valence-electron chi connectivity index (χ3n) is 6.22. The predicted molar refractivity (Wildman–Crippen MR) is 112 cm³/mol. The highest BCUT2D eigenvalue weighted by Crippen LogP contribution is 2.36. The predicted octanol–water partition coefficient (Wildman–Crippen LogP) is 3.90. The Morgan fingerprint density at radius 3 is 2.46 bits per heavy atom. The van der Waals surface area contributed by atoms with Gasteiger partial charge in [0.1, 0.15) is 12.8 Å². The molecule has 0 N–H and O–H groups in total. The fourth-order valence-corrected chi connectivity index (χ4v) is 4.92. The zero-order chi connectivity index (χ0) is 19.1. The van der Waals surface area contributed by atoms with E-state index >= 15 is 0 Å². The summed E-state index contributed by atoms with van der Waals surface area (Å²) in [6.45, 7) is 2.91. The maximum absolute atomic E-state index is 10.6. The van der Waals surface area contributed by atoms with Gasteiger partial charge in [-0.15, -0.1) is 0 Å². The molecular formula is C24H25N2O2+. The van der Waals surface area contributed by atoms with Crippen molar-refractivity contribution in [3.63, 3.8) is 0 Å². The topological polar surface area (TPSA) is 32.5 Å². The van der Waals surface area contributed by atoms with E-state index in [2.05, 4.69) is 40.8 Å². The van der Waals surface area contributed by atoms with Gasteiger partial charge in [-0.25, -0.2) is 0 Å². The van der Waals surface area contributed by atoms with Crippen LogP contribution in [-0.4, -0.2) is 36.9 Å². The number of allylic oxidation sites excluding steroid dienone is 1. The summed E-state index contributed by atoms with van der Waals surface area (Å²) in [5, 5.41) is 0. The number of hydrogen-bond donors (Lipinski definition) is 0. The number of anilines is 1. The van der Waals surface area contributed by atoms with Gasteiger partial charge in [0, 0.05) is 36.5 Å². The van der Waals surface area contributed by atoms with Gasteiger partial charge in [-0.3, -0.25) is 4.79 Å². The number of carbonyl (C=O) groups excluding carboxylic acids is 1. The minimum absolute atomic E-state index is 0.481. The molecular weight excluding hydrogens is 348 g/mol. The molecule has 0 amide bonds. The van der Waals surface area contributed by atoms with E-state index in [0.29, 0.717) is 12.2 Å². The van der Waals surface area contributed by atoms with Crippen LogP contribution in [0.1, 0.15) is 35.1 Å². The monoisotopic (exact) mass is 373 g/mol. The third kappa shape index (κ3) is 2.93. The first-order chi connectivity index (χ1) is 13.7. The Morgan fingerprint density at radius 2 is 1.75 bits per heavy atom. The summed E-state index contributed by atoms with van der Waals surface area (Å²) in [4.78, 5) is 13.2. The molecule has 0 fully saturated rings. The number of carbonyl (C=O) groups is 1. The zero-order valence-corrected chi connectivity index (χ0v) is 16.3. The first kappa shape index (κ1) is 17.2. The normalized spacial score (nSPS) is 17.7. The molecule has 2 aromatic carbocycles. The molecule has 0 aliphatic carbocycles. The minimum Gasteiger partial charge on any atom is -0.429 e. The molecule has 0 unspecified atom stereocenters. The molecule has 2 aromatic rings. The molecule has 0 saturated carbocycles. The average molecular weight is 373 g/mol. The van der Waals surface area contributed by atoms with Crippen LogP contribution < -0.4 is 9.64 Å². The van der Waals surface area contributed by atoms with Gasteiger partial charge in [0.05, 0.1) is 6.42 Å². The van der Waals surface area contributed by atoms with Gasteiger partial charge in [0.15, 0.2) is 5.71 Å². The molecule has 0 atom stereocenters. The van der Waals surface area contributed by atoms with E-state index in [1.54, 1.807) is 0 Å². The van der Waals surface area contributed by atoms with Crippen molar-refractivity contribution in [3.05, 3.63) is 58.7 Å². The molecule has 3 heterocycles. The highest BCUT2D eigenvalue weighted by atomic mass is 16.5. The van der Waals surface area contributed by atoms with Crippen LogP contribution in [0.15, 0.2) is 36.4 Å². The molecule has 3 aliphatic rings. The first-order valence-corrected chi connectivity index (χ1v) is 10.1. The molecule has 4 heteroatoms. The molecule has 142 valence electrons. The van der Waals surface area contributed by atoms with E-state index in [1.165, 1.54) is 78.1 Å². The van der Waals surface area contributed by atoms with Crippen LogP contribution in [0.2, 0.25) is 0 Å². The zero-order valence-electron chi connectivity index (χ0n) is 16.3. The van der Waals surface area contributed by atoms with E-state index in [-0.39, 0.29) is 0 Å². The number of aryl methyl sites for hydroxylation is 2. The number of ether oxygens (including phenoxy) is 1. The lowest BCUT2D eigenvalue weighted by atomic mass is 9.90. The number of fused-ring (bicyclic) bond motifs is 1. The lowest BCUT2D eigenvalue weighted by Gasteiger charge is -2.37. The molecule has 0 spiro atoms. The second-order valence-corrected chi connectivity index (χ2v) is 7.95. The number of hydrogen-bond acceptors (Lipinski definition) is 3. The summed E-state index contributed by atoms with van der Waals surface area (Å²) >= 11 is 0. The molecule has 0 radical (unpaired) electrons. The first-order valence-electron chi connectivity index (χ1n) is 10.1. The molecule has 28 heavy (non-hydrogen) atoms. The van der Waals surface area contributed by atoms with Crippen molar-refractivity contribution in [3.8, 4) is 5.75 Å². The SMILES string of the molecule is C[N+]1=C(/C=C/c2cc3c4c(c2)CCCN4CCC3)Cc2cc(OC=O)ccc21. The summed E-state index contributed by atoms with van der Waals surface area (Å²) < 4.78 is 7.22. The molecule has 0 aromatic heterocycles. The standard InChI is InChI=1S/C24H25N2O2/c1-25-21(14-20-15-22(28-16-27)8-9-23(20)25)7-6-17-12-18-4-2-10-26-11-3-5-19(13-17)24(18)26/h6-9,12-13,15-16H,2-5,10-11,14H2,1H3/q+1. The summed E-state index contributed by atoms with van der Waals surface area (Å²) in [5.74, 6) is 0.603. The maximum Gasteiger partial charge on any atom is 0.298 e. The Balaban J connectivity index is 1.42. The van der Waals surface area contributed by atoms with Crippen molar-refractivity contribution in [1.29, 1.82) is 0 Å². The molecule has 4 nitrogen and oxygen atoms in total. The van der Waals surface area contributed by atoms with E-state index < -0.39 is 0 Å². The van der Waals surface area contributed by atoms with Crippen molar-refractivity contribution < 1.29 is 14.1 Å². The Kier molecular flexibility index (Phi) is 4.27. The number of nitrogens with zero attached hydrogens (tertiary/aromatic N) is 2. The van der Waals surface area contributed by atoms with Crippen molar-refractivity contribution in [2.45, 2.75) is 32.1 Å². The van der Waals surface area contributed by atoms with Crippen molar-refractivity contribution in [1.82, 2.24) is 0 Å². The summed E-state index contributed by atoms with van der Waals surface area (Å²) in [5.41, 5.74) is 9.49. The van der Waals surface area contributed by atoms with Crippen LogP contribution in [0.3, 0.4) is 0 Å². The number of rotatable bonds is 4. The molecule has 5 rings (SSSR count). The van der Waals surface area contributed by atoms with E-state index in [0.717, 1.165) is 6.42 Å². The maximum atomic E-state index is 10.6. The van der Waals surface area contributed by atoms with Gasteiger partial charge in [0.25, 0.3) is 6.47 Å². The van der Waals surface area contributed by atoms with Crippen LogP contribution in [0.5, 0.6) is 5.75 Å². The van der Waals surface area contributed by atoms with Crippen LogP contribution >= 0.6 is 0 Å². The van der Waals surface area contributed by atoms with Crippen molar-refractivity contribution in [2.75, 3.05) is 25.0 Å². The Hall–Kier alpha value is -2.88.